The number of nitriles is 1. The molecule has 2 heteroatoms. The van der Waals surface area contributed by atoms with Gasteiger partial charge in [-0.1, -0.05) is 91.0 Å². The quantitative estimate of drug-likeness (QED) is 0.541. The molecule has 3 aromatic carbocycles. The summed E-state index contributed by atoms with van der Waals surface area (Å²) < 4.78 is 0. The summed E-state index contributed by atoms with van der Waals surface area (Å²) in [6, 6.07) is 33.5. The molecule has 0 saturated carbocycles. The first-order valence-corrected chi connectivity index (χ1v) is 9.49. The molecule has 0 N–H and O–H groups in total. The third-order valence-corrected chi connectivity index (χ3v) is 5.11. The van der Waals surface area contributed by atoms with E-state index in [0.717, 1.165) is 37.1 Å². The van der Waals surface area contributed by atoms with Crippen molar-refractivity contribution in [3.05, 3.63) is 108 Å². The van der Waals surface area contributed by atoms with Crippen molar-refractivity contribution in [1.82, 2.24) is 4.90 Å². The van der Waals surface area contributed by atoms with Crippen LogP contribution in [0, 0.1) is 11.3 Å². The highest BCUT2D eigenvalue weighted by atomic mass is 15.1. The van der Waals surface area contributed by atoms with E-state index in [4.69, 9.17) is 0 Å². The lowest BCUT2D eigenvalue weighted by Gasteiger charge is -2.29. The summed E-state index contributed by atoms with van der Waals surface area (Å²) >= 11 is 0. The molecule has 0 atom stereocenters. The van der Waals surface area contributed by atoms with Crippen LogP contribution in [0.4, 0.5) is 0 Å². The van der Waals surface area contributed by atoms with Crippen LogP contribution in [0.1, 0.15) is 29.5 Å². The predicted octanol–water partition coefficient (Wildman–Crippen LogP) is 5.41. The smallest absolute Gasteiger partial charge is 0.107 e. The molecule has 2 nitrogen and oxygen atoms in total. The summed E-state index contributed by atoms with van der Waals surface area (Å²) in [5.74, 6) is 0. The topological polar surface area (TPSA) is 27.0 Å². The van der Waals surface area contributed by atoms with Crippen LogP contribution in [0.15, 0.2) is 91.0 Å². The molecule has 3 rings (SSSR count). The molecule has 0 heterocycles. The van der Waals surface area contributed by atoms with Gasteiger partial charge in [0.1, 0.15) is 5.41 Å². The Morgan fingerprint density at radius 3 is 1.74 bits per heavy atom. The van der Waals surface area contributed by atoms with Crippen LogP contribution in [-0.4, -0.2) is 18.5 Å². The SMILES string of the molecule is CN(CCCC(C#N)(c1ccccc1)c1ccccc1)Cc1ccccc1. The molecule has 0 spiro atoms. The van der Waals surface area contributed by atoms with Crippen molar-refractivity contribution >= 4 is 0 Å². The molecule has 0 aliphatic rings. The van der Waals surface area contributed by atoms with E-state index in [9.17, 15) is 5.26 Å². The first-order valence-electron chi connectivity index (χ1n) is 9.49. The summed E-state index contributed by atoms with van der Waals surface area (Å²) in [7, 11) is 2.14. The van der Waals surface area contributed by atoms with Gasteiger partial charge in [0.15, 0.2) is 0 Å². The van der Waals surface area contributed by atoms with Crippen LogP contribution >= 0.6 is 0 Å². The molecule has 0 radical (unpaired) electrons. The molecule has 0 bridgehead atoms. The molecule has 136 valence electrons. The molecule has 0 unspecified atom stereocenters. The van der Waals surface area contributed by atoms with Gasteiger partial charge in [-0.2, -0.15) is 5.26 Å². The van der Waals surface area contributed by atoms with E-state index in [1.807, 2.05) is 42.5 Å². The summed E-state index contributed by atoms with van der Waals surface area (Å²) in [5, 5.41) is 10.2. The Morgan fingerprint density at radius 1 is 0.778 bits per heavy atom. The van der Waals surface area contributed by atoms with Crippen LogP contribution in [0.5, 0.6) is 0 Å². The van der Waals surface area contributed by atoms with Gasteiger partial charge in [0, 0.05) is 6.54 Å². The van der Waals surface area contributed by atoms with Gasteiger partial charge >= 0.3 is 0 Å². The van der Waals surface area contributed by atoms with Gasteiger partial charge in [-0.25, -0.2) is 0 Å². The van der Waals surface area contributed by atoms with Crippen LogP contribution in [0.2, 0.25) is 0 Å². The maximum absolute atomic E-state index is 10.2. The zero-order chi connectivity index (χ0) is 19.0. The number of hydrogen-bond acceptors (Lipinski definition) is 2. The number of hydrogen-bond donors (Lipinski definition) is 0. The summed E-state index contributed by atoms with van der Waals surface area (Å²) in [6.45, 7) is 1.88. The number of benzene rings is 3. The molecular weight excluding hydrogens is 328 g/mol. The lowest BCUT2D eigenvalue weighted by Crippen LogP contribution is -2.28. The Balaban J connectivity index is 1.74. The Kier molecular flexibility index (Phi) is 6.41. The van der Waals surface area contributed by atoms with Crippen molar-refractivity contribution in [2.45, 2.75) is 24.8 Å². The molecule has 0 aromatic heterocycles. The van der Waals surface area contributed by atoms with Crippen molar-refractivity contribution in [2.75, 3.05) is 13.6 Å². The zero-order valence-corrected chi connectivity index (χ0v) is 15.9. The fourth-order valence-corrected chi connectivity index (χ4v) is 3.67. The van der Waals surface area contributed by atoms with Gasteiger partial charge < -0.3 is 4.90 Å². The molecule has 27 heavy (non-hydrogen) atoms. The standard InChI is InChI=1S/C25H26N2/c1-27(20-22-12-5-2-6-13-22)19-11-18-25(21-26,23-14-7-3-8-15-23)24-16-9-4-10-17-24/h2-10,12-17H,11,18-20H2,1H3. The normalized spacial score (nSPS) is 11.3. The van der Waals surface area contributed by atoms with Gasteiger partial charge in [0.2, 0.25) is 0 Å². The second-order valence-corrected chi connectivity index (χ2v) is 7.08. The maximum atomic E-state index is 10.2. The molecule has 3 aromatic rings. The first kappa shape index (κ1) is 18.9. The van der Waals surface area contributed by atoms with E-state index in [-0.39, 0.29) is 0 Å². The van der Waals surface area contributed by atoms with Crippen molar-refractivity contribution in [1.29, 1.82) is 5.26 Å². The number of nitrogens with zero attached hydrogens (tertiary/aromatic N) is 2. The highest BCUT2D eigenvalue weighted by molar-refractivity contribution is 5.45. The van der Waals surface area contributed by atoms with Crippen molar-refractivity contribution in [3.63, 3.8) is 0 Å². The minimum absolute atomic E-state index is 0.601. The average molecular weight is 354 g/mol. The fourth-order valence-electron chi connectivity index (χ4n) is 3.67. The van der Waals surface area contributed by atoms with Crippen LogP contribution in [-0.2, 0) is 12.0 Å². The van der Waals surface area contributed by atoms with Crippen molar-refractivity contribution in [3.8, 4) is 6.07 Å². The first-order chi connectivity index (χ1) is 13.2. The predicted molar refractivity (Wildman–Crippen MR) is 111 cm³/mol. The summed E-state index contributed by atoms with van der Waals surface area (Å²) in [5.41, 5.74) is 2.86. The third kappa shape index (κ3) is 4.64. The van der Waals surface area contributed by atoms with E-state index in [1.165, 1.54) is 5.56 Å². The minimum Gasteiger partial charge on any atom is -0.302 e. The maximum Gasteiger partial charge on any atom is 0.107 e. The third-order valence-electron chi connectivity index (χ3n) is 5.11. The average Bonchev–Trinajstić information content (AvgIpc) is 2.73. The molecular formula is C25H26N2. The van der Waals surface area contributed by atoms with Gasteiger partial charge in [-0.05, 0) is 43.1 Å². The molecule has 0 aliphatic carbocycles. The van der Waals surface area contributed by atoms with Crippen LogP contribution < -0.4 is 0 Å². The van der Waals surface area contributed by atoms with Gasteiger partial charge in [-0.15, -0.1) is 0 Å². The van der Waals surface area contributed by atoms with Gasteiger partial charge in [0.05, 0.1) is 6.07 Å². The monoisotopic (exact) mass is 354 g/mol. The Labute approximate surface area is 162 Å². The molecule has 0 saturated heterocycles. The van der Waals surface area contributed by atoms with E-state index < -0.39 is 5.41 Å². The van der Waals surface area contributed by atoms with Gasteiger partial charge in [0.25, 0.3) is 0 Å². The summed E-state index contributed by atoms with van der Waals surface area (Å²) in [4.78, 5) is 2.33. The van der Waals surface area contributed by atoms with E-state index in [0.29, 0.717) is 0 Å². The fraction of sp³-hybridized carbons (Fsp3) is 0.240. The minimum atomic E-state index is -0.601. The van der Waals surface area contributed by atoms with Crippen molar-refractivity contribution < 1.29 is 0 Å². The van der Waals surface area contributed by atoms with Crippen LogP contribution in [0.25, 0.3) is 0 Å². The summed E-state index contributed by atoms with van der Waals surface area (Å²) in [6.07, 6.45) is 1.76. The van der Waals surface area contributed by atoms with Crippen molar-refractivity contribution in [2.24, 2.45) is 0 Å². The van der Waals surface area contributed by atoms with E-state index in [1.54, 1.807) is 0 Å². The molecule has 0 fully saturated rings. The Hall–Kier alpha value is -2.89. The van der Waals surface area contributed by atoms with E-state index in [2.05, 4.69) is 66.5 Å². The van der Waals surface area contributed by atoms with E-state index >= 15 is 0 Å². The highest BCUT2D eigenvalue weighted by Gasteiger charge is 2.33. The highest BCUT2D eigenvalue weighted by Crippen LogP contribution is 2.36. The largest absolute Gasteiger partial charge is 0.302 e. The second-order valence-electron chi connectivity index (χ2n) is 7.08. The van der Waals surface area contributed by atoms with Gasteiger partial charge in [-0.3, -0.25) is 0 Å². The molecule has 0 aliphatic heterocycles. The zero-order valence-electron chi connectivity index (χ0n) is 15.9. The lowest BCUT2D eigenvalue weighted by atomic mass is 9.72. The lowest BCUT2D eigenvalue weighted by molar-refractivity contribution is 0.311. The number of rotatable bonds is 8. The second kappa shape index (κ2) is 9.16. The Bertz CT molecular complexity index is 812. The molecule has 0 amide bonds. The Morgan fingerprint density at radius 2 is 1.26 bits per heavy atom. The van der Waals surface area contributed by atoms with Crippen LogP contribution in [0.3, 0.4) is 0 Å².